The first-order chi connectivity index (χ1) is 8.08. The molecule has 0 saturated carbocycles. The molecule has 5 heteroatoms. The van der Waals surface area contributed by atoms with Gasteiger partial charge in [-0.15, -0.1) is 0 Å². The average molecular weight is 256 g/mol. The lowest BCUT2D eigenvalue weighted by Crippen LogP contribution is -2.32. The minimum absolute atomic E-state index is 0.136. The fourth-order valence-electron chi connectivity index (χ4n) is 1.56. The first-order valence-electron chi connectivity index (χ1n) is 5.72. The summed E-state index contributed by atoms with van der Waals surface area (Å²) in [5.41, 5.74) is 0.483. The van der Waals surface area contributed by atoms with E-state index in [2.05, 4.69) is 22.5 Å². The van der Waals surface area contributed by atoms with Crippen molar-refractivity contribution in [3.05, 3.63) is 22.8 Å². The van der Waals surface area contributed by atoms with E-state index in [9.17, 15) is 4.79 Å². The Bertz CT molecular complexity index is 395. The smallest absolute Gasteiger partial charge is 0.253 e. The van der Waals surface area contributed by atoms with Crippen LogP contribution in [0.3, 0.4) is 0 Å². The second kappa shape index (κ2) is 6.45. The maximum atomic E-state index is 11.9. The predicted octanol–water partition coefficient (Wildman–Crippen LogP) is 2.70. The van der Waals surface area contributed by atoms with Crippen molar-refractivity contribution in [3.8, 4) is 0 Å². The summed E-state index contributed by atoms with van der Waals surface area (Å²) in [6.45, 7) is 4.07. The highest BCUT2D eigenvalue weighted by molar-refractivity contribution is 6.33. The van der Waals surface area contributed by atoms with E-state index in [4.69, 9.17) is 11.6 Å². The van der Waals surface area contributed by atoms with Gasteiger partial charge in [0.25, 0.3) is 5.91 Å². The molecule has 1 unspecified atom stereocenters. The number of hydrogen-bond acceptors (Lipinski definition) is 3. The van der Waals surface area contributed by atoms with Crippen LogP contribution in [0, 0.1) is 0 Å². The van der Waals surface area contributed by atoms with Crippen molar-refractivity contribution in [1.82, 2.24) is 10.3 Å². The average Bonchev–Trinajstić information content (AvgIpc) is 2.29. The highest BCUT2D eigenvalue weighted by Crippen LogP contribution is 2.19. The second-order valence-electron chi connectivity index (χ2n) is 3.97. The summed E-state index contributed by atoms with van der Waals surface area (Å²) in [4.78, 5) is 15.9. The first kappa shape index (κ1) is 13.8. The van der Waals surface area contributed by atoms with Crippen molar-refractivity contribution in [2.45, 2.75) is 32.7 Å². The SMILES string of the molecule is CCCC(C)NC(=O)c1cnc(NC)c(Cl)c1. The standard InChI is InChI=1S/C12H18ClN3O/c1-4-5-8(2)16-12(17)9-6-10(13)11(14-3)15-7-9/h6-8H,4-5H2,1-3H3,(H,14,15)(H,16,17). The topological polar surface area (TPSA) is 54.0 Å². The molecule has 0 spiro atoms. The Labute approximate surface area is 107 Å². The van der Waals surface area contributed by atoms with Crippen LogP contribution in [-0.2, 0) is 0 Å². The summed E-state index contributed by atoms with van der Waals surface area (Å²) in [5, 5.41) is 6.20. The van der Waals surface area contributed by atoms with Crippen molar-refractivity contribution in [1.29, 1.82) is 0 Å². The maximum absolute atomic E-state index is 11.9. The van der Waals surface area contributed by atoms with Crippen LogP contribution in [0.25, 0.3) is 0 Å². The minimum Gasteiger partial charge on any atom is -0.372 e. The van der Waals surface area contributed by atoms with Gasteiger partial charge in [0.2, 0.25) is 0 Å². The molecular formula is C12H18ClN3O. The van der Waals surface area contributed by atoms with E-state index < -0.39 is 0 Å². The Morgan fingerprint density at radius 2 is 2.29 bits per heavy atom. The van der Waals surface area contributed by atoms with E-state index in [1.165, 1.54) is 6.20 Å². The highest BCUT2D eigenvalue weighted by atomic mass is 35.5. The fraction of sp³-hybridized carbons (Fsp3) is 0.500. The zero-order chi connectivity index (χ0) is 12.8. The maximum Gasteiger partial charge on any atom is 0.253 e. The fourth-order valence-corrected chi connectivity index (χ4v) is 1.82. The van der Waals surface area contributed by atoms with Gasteiger partial charge in [-0.1, -0.05) is 24.9 Å². The molecule has 1 atom stereocenters. The van der Waals surface area contributed by atoms with Gasteiger partial charge in [0, 0.05) is 19.3 Å². The Hall–Kier alpha value is -1.29. The van der Waals surface area contributed by atoms with E-state index in [0.29, 0.717) is 16.4 Å². The molecule has 1 amide bonds. The molecule has 1 aromatic heterocycles. The number of halogens is 1. The molecule has 1 aromatic rings. The number of pyridine rings is 1. The Kier molecular flexibility index (Phi) is 5.22. The molecule has 0 aliphatic carbocycles. The van der Waals surface area contributed by atoms with Gasteiger partial charge in [-0.3, -0.25) is 4.79 Å². The first-order valence-corrected chi connectivity index (χ1v) is 6.10. The zero-order valence-corrected chi connectivity index (χ0v) is 11.1. The van der Waals surface area contributed by atoms with Gasteiger partial charge in [-0.2, -0.15) is 0 Å². The van der Waals surface area contributed by atoms with E-state index in [1.54, 1.807) is 13.1 Å². The number of carbonyl (C=O) groups is 1. The second-order valence-corrected chi connectivity index (χ2v) is 4.37. The van der Waals surface area contributed by atoms with Crippen LogP contribution < -0.4 is 10.6 Å². The summed E-state index contributed by atoms with van der Waals surface area (Å²) in [7, 11) is 1.73. The molecule has 17 heavy (non-hydrogen) atoms. The zero-order valence-electron chi connectivity index (χ0n) is 10.4. The van der Waals surface area contributed by atoms with E-state index in [0.717, 1.165) is 12.8 Å². The molecule has 2 N–H and O–H groups in total. The van der Waals surface area contributed by atoms with Crippen molar-refractivity contribution < 1.29 is 4.79 Å². The van der Waals surface area contributed by atoms with E-state index in [-0.39, 0.29) is 11.9 Å². The van der Waals surface area contributed by atoms with E-state index >= 15 is 0 Å². The summed E-state index contributed by atoms with van der Waals surface area (Å²) < 4.78 is 0. The number of anilines is 1. The lowest BCUT2D eigenvalue weighted by Gasteiger charge is -2.13. The van der Waals surface area contributed by atoms with Gasteiger partial charge in [-0.25, -0.2) is 4.98 Å². The van der Waals surface area contributed by atoms with E-state index in [1.807, 2.05) is 6.92 Å². The number of amides is 1. The minimum atomic E-state index is -0.136. The van der Waals surface area contributed by atoms with Gasteiger partial charge < -0.3 is 10.6 Å². The lowest BCUT2D eigenvalue weighted by molar-refractivity contribution is 0.0938. The molecule has 1 rings (SSSR count). The molecule has 4 nitrogen and oxygen atoms in total. The molecule has 0 saturated heterocycles. The third kappa shape index (κ3) is 3.89. The van der Waals surface area contributed by atoms with Crippen molar-refractivity contribution in [2.24, 2.45) is 0 Å². The molecule has 0 fully saturated rings. The number of aromatic nitrogens is 1. The Morgan fingerprint density at radius 3 is 2.82 bits per heavy atom. The number of nitrogens with zero attached hydrogens (tertiary/aromatic N) is 1. The normalized spacial score (nSPS) is 12.0. The van der Waals surface area contributed by atoms with Crippen LogP contribution in [0.15, 0.2) is 12.3 Å². The van der Waals surface area contributed by atoms with Crippen LogP contribution in [-0.4, -0.2) is 24.0 Å². The van der Waals surface area contributed by atoms with Crippen LogP contribution in [0.1, 0.15) is 37.0 Å². The lowest BCUT2D eigenvalue weighted by atomic mass is 10.2. The molecule has 0 bridgehead atoms. The number of rotatable bonds is 5. The quantitative estimate of drug-likeness (QED) is 0.851. The summed E-state index contributed by atoms with van der Waals surface area (Å²) >= 11 is 5.97. The molecule has 0 aromatic carbocycles. The van der Waals surface area contributed by atoms with Gasteiger partial charge >= 0.3 is 0 Å². The summed E-state index contributed by atoms with van der Waals surface area (Å²) in [6.07, 6.45) is 3.52. The van der Waals surface area contributed by atoms with Crippen molar-refractivity contribution in [2.75, 3.05) is 12.4 Å². The summed E-state index contributed by atoms with van der Waals surface area (Å²) in [5.74, 6) is 0.438. The van der Waals surface area contributed by atoms with Crippen LogP contribution >= 0.6 is 11.6 Å². The monoisotopic (exact) mass is 255 g/mol. The predicted molar refractivity (Wildman–Crippen MR) is 70.6 cm³/mol. The van der Waals surface area contributed by atoms with Crippen LogP contribution in [0.5, 0.6) is 0 Å². The molecular weight excluding hydrogens is 238 g/mol. The van der Waals surface area contributed by atoms with Crippen molar-refractivity contribution >= 4 is 23.3 Å². The van der Waals surface area contributed by atoms with Gasteiger partial charge in [-0.05, 0) is 19.4 Å². The van der Waals surface area contributed by atoms with Crippen LogP contribution in [0.2, 0.25) is 5.02 Å². The molecule has 0 aliphatic rings. The molecule has 0 aliphatic heterocycles. The van der Waals surface area contributed by atoms with Crippen LogP contribution in [0.4, 0.5) is 5.82 Å². The van der Waals surface area contributed by atoms with Crippen molar-refractivity contribution in [3.63, 3.8) is 0 Å². The largest absolute Gasteiger partial charge is 0.372 e. The Balaban J connectivity index is 2.72. The van der Waals surface area contributed by atoms with Gasteiger partial charge in [0.15, 0.2) is 0 Å². The molecule has 0 radical (unpaired) electrons. The molecule has 1 heterocycles. The number of nitrogens with one attached hydrogen (secondary N) is 2. The number of carbonyl (C=O) groups excluding carboxylic acids is 1. The number of hydrogen-bond donors (Lipinski definition) is 2. The van der Waals surface area contributed by atoms with Gasteiger partial charge in [0.05, 0.1) is 10.6 Å². The third-order valence-electron chi connectivity index (χ3n) is 2.44. The third-order valence-corrected chi connectivity index (χ3v) is 2.73. The molecule has 94 valence electrons. The Morgan fingerprint density at radius 1 is 1.59 bits per heavy atom. The summed E-state index contributed by atoms with van der Waals surface area (Å²) in [6, 6.07) is 1.78. The highest BCUT2D eigenvalue weighted by Gasteiger charge is 2.11. The van der Waals surface area contributed by atoms with Gasteiger partial charge in [0.1, 0.15) is 5.82 Å².